The van der Waals surface area contributed by atoms with E-state index in [-0.39, 0.29) is 5.91 Å². The molecule has 1 fully saturated rings. The molecule has 0 saturated carbocycles. The van der Waals surface area contributed by atoms with Crippen molar-refractivity contribution in [2.24, 2.45) is 0 Å². The van der Waals surface area contributed by atoms with Crippen molar-refractivity contribution >= 4 is 11.6 Å². The summed E-state index contributed by atoms with van der Waals surface area (Å²) in [5.41, 5.74) is 11.1. The van der Waals surface area contributed by atoms with Crippen LogP contribution in [0.3, 0.4) is 0 Å². The number of anilines is 1. The second kappa shape index (κ2) is 5.08. The van der Waals surface area contributed by atoms with Gasteiger partial charge >= 0.3 is 0 Å². The first-order valence-corrected chi connectivity index (χ1v) is 4.13. The predicted octanol–water partition coefficient (Wildman–Crippen LogP) is -0.102. The lowest BCUT2D eigenvalue weighted by Gasteiger charge is -2.12. The average Bonchev–Trinajstić information content (AvgIpc) is 2.17. The second-order valence-electron chi connectivity index (χ2n) is 2.67. The minimum atomic E-state index is 0.0741. The number of hydrazine groups is 1. The zero-order valence-corrected chi connectivity index (χ0v) is 7.91. The summed E-state index contributed by atoms with van der Waals surface area (Å²) in [4.78, 5) is 9.73. The molecule has 0 aliphatic carbocycles. The Morgan fingerprint density at radius 3 is 2.14 bits per heavy atom. The molecular weight excluding hydrogens is 182 g/mol. The summed E-state index contributed by atoms with van der Waals surface area (Å²) >= 11 is 0. The summed E-state index contributed by atoms with van der Waals surface area (Å²) in [5, 5.41) is 0. The van der Waals surface area contributed by atoms with Crippen LogP contribution >= 0.6 is 0 Å². The first kappa shape index (κ1) is 10.3. The van der Waals surface area contributed by atoms with Crippen LogP contribution in [0, 0.1) is 0 Å². The van der Waals surface area contributed by atoms with Crippen LogP contribution in [0.15, 0.2) is 24.3 Å². The summed E-state index contributed by atoms with van der Waals surface area (Å²) in [6.45, 7) is 0.486. The van der Waals surface area contributed by atoms with Gasteiger partial charge in [0, 0.05) is 5.69 Å². The molecule has 1 aromatic carbocycles. The number of benzene rings is 1. The number of ether oxygens (including phenoxy) is 1. The van der Waals surface area contributed by atoms with Crippen molar-refractivity contribution in [1.29, 1.82) is 0 Å². The summed E-state index contributed by atoms with van der Waals surface area (Å²) in [7, 11) is 1.63. The van der Waals surface area contributed by atoms with Gasteiger partial charge in [-0.25, -0.2) is 5.43 Å². The van der Waals surface area contributed by atoms with Crippen molar-refractivity contribution in [2.45, 2.75) is 0 Å². The molecule has 1 aliphatic heterocycles. The Morgan fingerprint density at radius 1 is 1.36 bits per heavy atom. The molecule has 1 heterocycles. The first-order chi connectivity index (χ1) is 6.72. The number of nitrogens with two attached hydrogens (primary N) is 1. The van der Waals surface area contributed by atoms with Gasteiger partial charge in [-0.15, -0.1) is 0 Å². The number of nitrogens with one attached hydrogen (secondary N) is 2. The molecule has 2 rings (SSSR count). The Kier molecular flexibility index (Phi) is 3.75. The number of rotatable bonds is 1. The molecular formula is C9H13N3O2. The summed E-state index contributed by atoms with van der Waals surface area (Å²) in [6.07, 6.45) is 0. The smallest absolute Gasteiger partial charge is 0.249 e. The highest BCUT2D eigenvalue weighted by atomic mass is 16.5. The lowest BCUT2D eigenvalue weighted by atomic mass is 10.3. The van der Waals surface area contributed by atoms with Gasteiger partial charge in [-0.3, -0.25) is 10.2 Å². The van der Waals surface area contributed by atoms with E-state index in [0.29, 0.717) is 6.54 Å². The molecule has 1 saturated heterocycles. The van der Waals surface area contributed by atoms with Gasteiger partial charge in [-0.2, -0.15) is 0 Å². The van der Waals surface area contributed by atoms with Crippen molar-refractivity contribution in [3.63, 3.8) is 0 Å². The van der Waals surface area contributed by atoms with Gasteiger partial charge in [-0.1, -0.05) is 0 Å². The number of hydrogen-bond acceptors (Lipinski definition) is 4. The van der Waals surface area contributed by atoms with E-state index in [4.69, 9.17) is 10.5 Å². The molecule has 14 heavy (non-hydrogen) atoms. The molecule has 0 radical (unpaired) electrons. The maximum absolute atomic E-state index is 9.73. The fourth-order valence-electron chi connectivity index (χ4n) is 0.764. The van der Waals surface area contributed by atoms with E-state index in [0.717, 1.165) is 11.4 Å². The third-order valence-electron chi connectivity index (χ3n) is 1.59. The zero-order valence-electron chi connectivity index (χ0n) is 7.91. The van der Waals surface area contributed by atoms with E-state index < -0.39 is 0 Å². The molecule has 5 nitrogen and oxygen atoms in total. The minimum Gasteiger partial charge on any atom is -0.497 e. The maximum atomic E-state index is 9.73. The number of nitrogen functional groups attached to an aromatic ring is 1. The molecule has 0 bridgehead atoms. The molecule has 1 amide bonds. The van der Waals surface area contributed by atoms with Crippen molar-refractivity contribution in [3.05, 3.63) is 24.3 Å². The largest absolute Gasteiger partial charge is 0.497 e. The molecule has 0 spiro atoms. The normalized spacial score (nSPS) is 13.1. The van der Waals surface area contributed by atoms with E-state index in [2.05, 4.69) is 10.9 Å². The van der Waals surface area contributed by atoms with Crippen molar-refractivity contribution < 1.29 is 9.53 Å². The fourth-order valence-corrected chi connectivity index (χ4v) is 0.764. The van der Waals surface area contributed by atoms with E-state index >= 15 is 0 Å². The third kappa shape index (κ3) is 3.32. The van der Waals surface area contributed by atoms with Crippen LogP contribution < -0.4 is 21.3 Å². The Labute approximate surface area is 82.2 Å². The highest BCUT2D eigenvalue weighted by Gasteiger charge is 2.06. The van der Waals surface area contributed by atoms with Crippen LogP contribution in [0.1, 0.15) is 0 Å². The number of carbonyl (C=O) groups is 1. The molecule has 76 valence electrons. The Hall–Kier alpha value is -1.75. The molecule has 0 aromatic heterocycles. The Balaban J connectivity index is 0.000000165. The number of amides is 1. The van der Waals surface area contributed by atoms with E-state index in [1.54, 1.807) is 19.2 Å². The molecule has 1 aliphatic rings. The zero-order chi connectivity index (χ0) is 10.4. The van der Waals surface area contributed by atoms with Crippen LogP contribution in [-0.4, -0.2) is 19.6 Å². The summed E-state index contributed by atoms with van der Waals surface area (Å²) < 4.78 is 4.91. The summed E-state index contributed by atoms with van der Waals surface area (Å²) in [6, 6.07) is 7.27. The van der Waals surface area contributed by atoms with Crippen LogP contribution in [0.5, 0.6) is 5.75 Å². The van der Waals surface area contributed by atoms with E-state index in [1.165, 1.54) is 0 Å². The van der Waals surface area contributed by atoms with Crippen molar-refractivity contribution in [1.82, 2.24) is 10.9 Å². The van der Waals surface area contributed by atoms with Gasteiger partial charge in [0.25, 0.3) is 0 Å². The molecule has 4 N–H and O–H groups in total. The monoisotopic (exact) mass is 195 g/mol. The van der Waals surface area contributed by atoms with Gasteiger partial charge < -0.3 is 10.5 Å². The quantitative estimate of drug-likeness (QED) is 0.547. The fraction of sp³-hybridized carbons (Fsp3) is 0.222. The lowest BCUT2D eigenvalue weighted by molar-refractivity contribution is -0.126. The second-order valence-corrected chi connectivity index (χ2v) is 2.67. The highest BCUT2D eigenvalue weighted by molar-refractivity contribution is 5.81. The average molecular weight is 195 g/mol. The number of carbonyl (C=O) groups excluding carboxylic acids is 1. The highest BCUT2D eigenvalue weighted by Crippen LogP contribution is 2.11. The minimum absolute atomic E-state index is 0.0741. The lowest BCUT2D eigenvalue weighted by Crippen LogP contribution is -2.55. The van der Waals surface area contributed by atoms with Gasteiger partial charge in [0.05, 0.1) is 13.7 Å². The molecule has 0 atom stereocenters. The number of methoxy groups -OCH3 is 1. The van der Waals surface area contributed by atoms with E-state index in [1.807, 2.05) is 12.1 Å². The van der Waals surface area contributed by atoms with Crippen LogP contribution in [-0.2, 0) is 4.79 Å². The van der Waals surface area contributed by atoms with Gasteiger partial charge in [0.1, 0.15) is 5.75 Å². The van der Waals surface area contributed by atoms with Crippen LogP contribution in [0.4, 0.5) is 5.69 Å². The Bertz CT molecular complexity index is 291. The van der Waals surface area contributed by atoms with Gasteiger partial charge in [0.2, 0.25) is 5.91 Å². The standard InChI is InChI=1S/C7H9NO.C2H4N2O/c1-9-7-4-2-6(8)3-5-7;5-2-1-3-4-2/h2-5H,8H2,1H3;3H,1H2,(H,4,5). The SMILES string of the molecule is COc1ccc(N)cc1.O=C1CNN1. The predicted molar refractivity (Wildman–Crippen MR) is 53.6 cm³/mol. The topological polar surface area (TPSA) is 76.4 Å². The van der Waals surface area contributed by atoms with Crippen LogP contribution in [0.2, 0.25) is 0 Å². The maximum Gasteiger partial charge on any atom is 0.249 e. The summed E-state index contributed by atoms with van der Waals surface area (Å²) in [5.74, 6) is 0.911. The molecule has 5 heteroatoms. The van der Waals surface area contributed by atoms with Crippen molar-refractivity contribution in [2.75, 3.05) is 19.4 Å². The van der Waals surface area contributed by atoms with Gasteiger partial charge in [0.15, 0.2) is 0 Å². The molecule has 1 aromatic rings. The van der Waals surface area contributed by atoms with Crippen LogP contribution in [0.25, 0.3) is 0 Å². The van der Waals surface area contributed by atoms with Gasteiger partial charge in [-0.05, 0) is 24.3 Å². The van der Waals surface area contributed by atoms with Crippen molar-refractivity contribution in [3.8, 4) is 5.75 Å². The molecule has 0 unspecified atom stereocenters. The third-order valence-corrected chi connectivity index (χ3v) is 1.59. The van der Waals surface area contributed by atoms with E-state index in [9.17, 15) is 4.79 Å². The Morgan fingerprint density at radius 2 is 1.86 bits per heavy atom. The first-order valence-electron chi connectivity index (χ1n) is 4.13. The number of hydrogen-bond donors (Lipinski definition) is 3.